The molecule has 21 heavy (non-hydrogen) atoms. The molecule has 0 saturated carbocycles. The van der Waals surface area contributed by atoms with E-state index in [1.54, 1.807) is 7.11 Å². The molecule has 110 valence electrons. The average Bonchev–Trinajstić information content (AvgIpc) is 2.54. The molecular weight excluding hydrogens is 264 g/mol. The molecular formula is C18H20O3. The molecule has 0 fully saturated rings. The second-order valence-corrected chi connectivity index (χ2v) is 5.42. The van der Waals surface area contributed by atoms with Crippen molar-refractivity contribution in [3.63, 3.8) is 0 Å². The first-order chi connectivity index (χ1) is 10.2. The van der Waals surface area contributed by atoms with Crippen LogP contribution in [-0.2, 0) is 6.42 Å². The van der Waals surface area contributed by atoms with E-state index in [1.807, 2.05) is 37.3 Å². The summed E-state index contributed by atoms with van der Waals surface area (Å²) in [5.41, 5.74) is 3.88. The summed E-state index contributed by atoms with van der Waals surface area (Å²) in [6.07, 6.45) is 1.34. The maximum absolute atomic E-state index is 10.7. The van der Waals surface area contributed by atoms with Crippen LogP contribution in [0.4, 0.5) is 0 Å². The molecule has 1 heterocycles. The summed E-state index contributed by atoms with van der Waals surface area (Å²) in [5.74, 6) is 1.63. The van der Waals surface area contributed by atoms with Gasteiger partial charge in [0.25, 0.3) is 0 Å². The van der Waals surface area contributed by atoms with Gasteiger partial charge in [0, 0.05) is 5.56 Å². The number of fused-ring (bicyclic) bond motifs is 1. The summed E-state index contributed by atoms with van der Waals surface area (Å²) in [5, 5.41) is 10.7. The molecule has 0 amide bonds. The zero-order chi connectivity index (χ0) is 14.8. The molecule has 0 bridgehead atoms. The minimum atomic E-state index is -0.701. The lowest BCUT2D eigenvalue weighted by Gasteiger charge is -2.23. The first-order valence-corrected chi connectivity index (χ1v) is 7.28. The van der Waals surface area contributed by atoms with Gasteiger partial charge >= 0.3 is 0 Å². The second kappa shape index (κ2) is 5.78. The number of hydrogen-bond acceptors (Lipinski definition) is 3. The highest BCUT2D eigenvalue weighted by Crippen LogP contribution is 2.36. The highest BCUT2D eigenvalue weighted by molar-refractivity contribution is 5.48. The van der Waals surface area contributed by atoms with Crippen molar-refractivity contribution in [2.24, 2.45) is 0 Å². The molecule has 0 aliphatic carbocycles. The lowest BCUT2D eigenvalue weighted by molar-refractivity contribution is 0.206. The molecule has 0 aromatic heterocycles. The van der Waals surface area contributed by atoms with Crippen LogP contribution in [-0.4, -0.2) is 18.8 Å². The minimum absolute atomic E-state index is 0.701. The van der Waals surface area contributed by atoms with Crippen LogP contribution >= 0.6 is 0 Å². The number of aliphatic hydroxyl groups excluding tert-OH is 1. The molecule has 0 radical (unpaired) electrons. The molecule has 1 aliphatic rings. The predicted octanol–water partition coefficient (Wildman–Crippen LogP) is 3.41. The first-order valence-electron chi connectivity index (χ1n) is 7.28. The van der Waals surface area contributed by atoms with E-state index in [4.69, 9.17) is 9.47 Å². The topological polar surface area (TPSA) is 38.7 Å². The molecule has 3 nitrogen and oxygen atoms in total. The Kier molecular flexibility index (Phi) is 3.84. The number of aryl methyl sites for hydroxylation is 2. The minimum Gasteiger partial charge on any atom is -0.496 e. The highest BCUT2D eigenvalue weighted by Gasteiger charge is 2.21. The number of hydrogen-bond donors (Lipinski definition) is 1. The normalized spacial score (nSPS) is 15.0. The van der Waals surface area contributed by atoms with Crippen molar-refractivity contribution in [1.29, 1.82) is 0 Å². The molecule has 1 atom stereocenters. The van der Waals surface area contributed by atoms with Gasteiger partial charge in [0.2, 0.25) is 0 Å². The van der Waals surface area contributed by atoms with E-state index in [0.717, 1.165) is 41.0 Å². The van der Waals surface area contributed by atoms with E-state index in [-0.39, 0.29) is 0 Å². The highest BCUT2D eigenvalue weighted by atomic mass is 16.5. The van der Waals surface area contributed by atoms with Gasteiger partial charge in [0.15, 0.2) is 0 Å². The molecule has 3 rings (SSSR count). The van der Waals surface area contributed by atoms with Crippen LogP contribution in [0.3, 0.4) is 0 Å². The van der Waals surface area contributed by atoms with Gasteiger partial charge in [-0.2, -0.15) is 0 Å². The molecule has 2 aromatic carbocycles. The van der Waals surface area contributed by atoms with Crippen molar-refractivity contribution >= 4 is 0 Å². The third-order valence-electron chi connectivity index (χ3n) is 4.01. The fourth-order valence-electron chi connectivity index (χ4n) is 2.82. The molecule has 1 N–H and O–H groups in total. The van der Waals surface area contributed by atoms with Gasteiger partial charge in [-0.1, -0.05) is 30.3 Å². The summed E-state index contributed by atoms with van der Waals surface area (Å²) in [6.45, 7) is 2.70. The van der Waals surface area contributed by atoms with Crippen LogP contribution in [0.25, 0.3) is 0 Å². The van der Waals surface area contributed by atoms with E-state index in [2.05, 4.69) is 6.07 Å². The van der Waals surface area contributed by atoms with Crippen molar-refractivity contribution in [3.8, 4) is 11.5 Å². The van der Waals surface area contributed by atoms with Crippen LogP contribution in [0, 0.1) is 6.92 Å². The van der Waals surface area contributed by atoms with Gasteiger partial charge in [-0.3, -0.25) is 0 Å². The summed E-state index contributed by atoms with van der Waals surface area (Å²) in [6, 6.07) is 11.8. The fraction of sp³-hybridized carbons (Fsp3) is 0.333. The lowest BCUT2D eigenvalue weighted by Crippen LogP contribution is -2.12. The summed E-state index contributed by atoms with van der Waals surface area (Å²) < 4.78 is 11.1. The van der Waals surface area contributed by atoms with Gasteiger partial charge in [-0.25, -0.2) is 0 Å². The third-order valence-corrected chi connectivity index (χ3v) is 4.01. The third kappa shape index (κ3) is 2.61. The number of methoxy groups -OCH3 is 1. The van der Waals surface area contributed by atoms with Crippen molar-refractivity contribution in [2.75, 3.05) is 13.7 Å². The van der Waals surface area contributed by atoms with Crippen LogP contribution in [0.15, 0.2) is 36.4 Å². The lowest BCUT2D eigenvalue weighted by atomic mass is 9.95. The standard InChI is InChI=1S/C18H20O3/c1-12-8-9-14(11-16(12)20-2)17(19)15-7-3-5-13-6-4-10-21-18(13)15/h3,5,7-9,11,17,19H,4,6,10H2,1-2H3. The van der Waals surface area contributed by atoms with Crippen molar-refractivity contribution < 1.29 is 14.6 Å². The molecule has 2 aromatic rings. The smallest absolute Gasteiger partial charge is 0.128 e. The average molecular weight is 284 g/mol. The van der Waals surface area contributed by atoms with E-state index in [9.17, 15) is 5.11 Å². The van der Waals surface area contributed by atoms with E-state index in [1.165, 1.54) is 5.56 Å². The first kappa shape index (κ1) is 14.0. The van der Waals surface area contributed by atoms with Crippen LogP contribution < -0.4 is 9.47 Å². The number of benzene rings is 2. The SMILES string of the molecule is COc1cc(C(O)c2cccc3c2OCCC3)ccc1C. The van der Waals surface area contributed by atoms with Gasteiger partial charge in [0.1, 0.15) is 17.6 Å². The zero-order valence-corrected chi connectivity index (χ0v) is 12.4. The number of para-hydroxylation sites is 1. The fourth-order valence-corrected chi connectivity index (χ4v) is 2.82. The maximum Gasteiger partial charge on any atom is 0.128 e. The quantitative estimate of drug-likeness (QED) is 0.938. The molecule has 1 aliphatic heterocycles. The Hall–Kier alpha value is -2.00. The molecule has 0 saturated heterocycles. The van der Waals surface area contributed by atoms with E-state index < -0.39 is 6.10 Å². The van der Waals surface area contributed by atoms with E-state index >= 15 is 0 Å². The molecule has 1 unspecified atom stereocenters. The summed E-state index contributed by atoms with van der Waals surface area (Å²) in [4.78, 5) is 0. The Labute approximate surface area is 125 Å². The van der Waals surface area contributed by atoms with Gasteiger partial charge in [-0.15, -0.1) is 0 Å². The van der Waals surface area contributed by atoms with Crippen molar-refractivity contribution in [3.05, 3.63) is 58.7 Å². The van der Waals surface area contributed by atoms with Crippen molar-refractivity contribution in [1.82, 2.24) is 0 Å². The Morgan fingerprint density at radius 3 is 2.90 bits per heavy atom. The Balaban J connectivity index is 2.00. The maximum atomic E-state index is 10.7. The Morgan fingerprint density at radius 2 is 2.10 bits per heavy atom. The van der Waals surface area contributed by atoms with Gasteiger partial charge in [-0.05, 0) is 42.5 Å². The number of rotatable bonds is 3. The second-order valence-electron chi connectivity index (χ2n) is 5.42. The van der Waals surface area contributed by atoms with Gasteiger partial charge in [0.05, 0.1) is 13.7 Å². The molecule has 3 heteroatoms. The van der Waals surface area contributed by atoms with Crippen LogP contribution in [0.5, 0.6) is 11.5 Å². The monoisotopic (exact) mass is 284 g/mol. The molecule has 0 spiro atoms. The largest absolute Gasteiger partial charge is 0.496 e. The van der Waals surface area contributed by atoms with Gasteiger partial charge < -0.3 is 14.6 Å². The summed E-state index contributed by atoms with van der Waals surface area (Å²) >= 11 is 0. The van der Waals surface area contributed by atoms with Crippen LogP contribution in [0.2, 0.25) is 0 Å². The number of aliphatic hydroxyl groups is 1. The summed E-state index contributed by atoms with van der Waals surface area (Å²) in [7, 11) is 1.64. The van der Waals surface area contributed by atoms with Crippen molar-refractivity contribution in [2.45, 2.75) is 25.9 Å². The zero-order valence-electron chi connectivity index (χ0n) is 12.4. The van der Waals surface area contributed by atoms with Crippen LogP contribution in [0.1, 0.15) is 34.8 Å². The number of ether oxygens (including phenoxy) is 2. The van der Waals surface area contributed by atoms with E-state index in [0.29, 0.717) is 6.61 Å². The Morgan fingerprint density at radius 1 is 1.24 bits per heavy atom. The Bertz CT molecular complexity index is 649. The predicted molar refractivity (Wildman–Crippen MR) is 82.1 cm³/mol.